The summed E-state index contributed by atoms with van der Waals surface area (Å²) in [5.74, 6) is 0.719. The number of benzene rings is 1. The fraction of sp³-hybridized carbons (Fsp3) is 0.579. The average Bonchev–Trinajstić information content (AvgIpc) is 2.63. The van der Waals surface area contributed by atoms with E-state index >= 15 is 0 Å². The van der Waals surface area contributed by atoms with Gasteiger partial charge < -0.3 is 4.90 Å². The Morgan fingerprint density at radius 2 is 1.82 bits per heavy atom. The zero-order valence-corrected chi connectivity index (χ0v) is 17.6. The first-order chi connectivity index (χ1) is 10.0. The van der Waals surface area contributed by atoms with Gasteiger partial charge in [0.2, 0.25) is 0 Å². The van der Waals surface area contributed by atoms with E-state index in [1.165, 1.54) is 18.2 Å². The molecule has 0 fully saturated rings. The fourth-order valence-electron chi connectivity index (χ4n) is 3.73. The van der Waals surface area contributed by atoms with Crippen molar-refractivity contribution in [2.24, 2.45) is 0 Å². The molecule has 122 valence electrons. The molecule has 0 aromatic heterocycles. The van der Waals surface area contributed by atoms with Crippen molar-refractivity contribution in [3.05, 3.63) is 35.9 Å². The fourth-order valence-corrected chi connectivity index (χ4v) is 7.23. The summed E-state index contributed by atoms with van der Waals surface area (Å²) >= 11 is 0. The van der Waals surface area contributed by atoms with Crippen molar-refractivity contribution in [1.29, 1.82) is 0 Å². The molecule has 1 aliphatic rings. The second-order valence-corrected chi connectivity index (χ2v) is 19.7. The second kappa shape index (κ2) is 6.01. The van der Waals surface area contributed by atoms with Crippen LogP contribution < -0.4 is 10.1 Å². The molecule has 0 amide bonds. The zero-order chi connectivity index (χ0) is 16.7. The van der Waals surface area contributed by atoms with Gasteiger partial charge in [-0.1, -0.05) is 63.1 Å². The predicted octanol–water partition coefficient (Wildman–Crippen LogP) is 4.97. The van der Waals surface area contributed by atoms with Crippen LogP contribution in [0.25, 0.3) is 0 Å². The Morgan fingerprint density at radius 1 is 1.18 bits per heavy atom. The van der Waals surface area contributed by atoms with Crippen LogP contribution in [0.2, 0.25) is 45.3 Å². The van der Waals surface area contributed by atoms with Gasteiger partial charge >= 0.3 is 0 Å². The van der Waals surface area contributed by atoms with Crippen LogP contribution in [0.1, 0.15) is 17.0 Å². The van der Waals surface area contributed by atoms with Crippen LogP contribution in [0.15, 0.2) is 24.8 Å². The van der Waals surface area contributed by atoms with Crippen LogP contribution in [0.5, 0.6) is 0 Å². The maximum Gasteiger partial charge on any atom is 0.0803 e. The van der Waals surface area contributed by atoms with E-state index in [4.69, 9.17) is 0 Å². The lowest BCUT2D eigenvalue weighted by Gasteiger charge is -2.27. The minimum atomic E-state index is -1.35. The Kier molecular flexibility index (Phi) is 4.79. The molecule has 0 saturated heterocycles. The van der Waals surface area contributed by atoms with Gasteiger partial charge in [0.25, 0.3) is 0 Å². The smallest absolute Gasteiger partial charge is 0.0803 e. The summed E-state index contributed by atoms with van der Waals surface area (Å²) in [5, 5.41) is 1.64. The summed E-state index contributed by atoms with van der Waals surface area (Å²) in [5.41, 5.74) is 4.63. The van der Waals surface area contributed by atoms with Crippen LogP contribution in [0.4, 0.5) is 5.69 Å². The van der Waals surface area contributed by atoms with Crippen molar-refractivity contribution in [1.82, 2.24) is 0 Å². The summed E-state index contributed by atoms with van der Waals surface area (Å²) in [4.78, 5) is 2.60. The summed E-state index contributed by atoms with van der Waals surface area (Å²) in [6, 6.07) is 6.31. The van der Waals surface area contributed by atoms with E-state index in [1.807, 2.05) is 0 Å². The number of hydrogen-bond donors (Lipinski definition) is 0. The molecule has 0 radical (unpaired) electrons. The molecule has 1 heterocycles. The molecule has 0 aliphatic carbocycles. The van der Waals surface area contributed by atoms with Crippen molar-refractivity contribution in [2.75, 3.05) is 18.0 Å². The van der Waals surface area contributed by atoms with E-state index in [1.54, 1.807) is 16.4 Å². The number of rotatable bonds is 5. The largest absolute Gasteiger partial charge is 0.367 e. The molecule has 1 aromatic carbocycles. The van der Waals surface area contributed by atoms with E-state index in [9.17, 15) is 0 Å². The van der Waals surface area contributed by atoms with Gasteiger partial charge in [-0.2, -0.15) is 0 Å². The number of nitrogens with zero attached hydrogens (tertiary/aromatic N) is 1. The van der Waals surface area contributed by atoms with Crippen molar-refractivity contribution in [3.63, 3.8) is 0 Å². The van der Waals surface area contributed by atoms with Crippen LogP contribution in [0.3, 0.4) is 0 Å². The Hall–Kier alpha value is -0.806. The standard InChI is InChI=1S/C19H33NSi2/c1-9-10-20-13-16(14-21(3,4)5)17-11-15(2)12-18(19(17)20)22(6,7)8/h9,11-12,16H,1,10,13-14H2,2-8H3. The SMILES string of the molecule is C=CCN1CC(C[Si](C)(C)C)c2cc(C)cc([Si](C)(C)C)c21. The maximum atomic E-state index is 3.98. The number of anilines is 1. The molecule has 1 nitrogen and oxygen atoms in total. The first-order valence-corrected chi connectivity index (χ1v) is 15.7. The summed E-state index contributed by atoms with van der Waals surface area (Å²) < 4.78 is 0. The Balaban J connectivity index is 2.56. The van der Waals surface area contributed by atoms with Gasteiger partial charge in [0.1, 0.15) is 0 Å². The topological polar surface area (TPSA) is 3.24 Å². The Bertz CT molecular complexity index is 564. The highest BCUT2D eigenvalue weighted by atomic mass is 28.3. The van der Waals surface area contributed by atoms with Gasteiger partial charge in [-0.3, -0.25) is 0 Å². The third kappa shape index (κ3) is 3.74. The molecule has 1 atom stereocenters. The third-order valence-corrected chi connectivity index (χ3v) is 8.21. The molecule has 0 N–H and O–H groups in total. The van der Waals surface area contributed by atoms with Gasteiger partial charge in [-0.15, -0.1) is 6.58 Å². The molecule has 3 heteroatoms. The molecule has 0 saturated carbocycles. The third-order valence-electron chi connectivity index (χ3n) is 4.50. The summed E-state index contributed by atoms with van der Waals surface area (Å²) in [6.45, 7) is 23.3. The minimum Gasteiger partial charge on any atom is -0.367 e. The molecule has 0 bridgehead atoms. The average molecular weight is 332 g/mol. The van der Waals surface area contributed by atoms with Crippen LogP contribution in [-0.4, -0.2) is 29.2 Å². The highest BCUT2D eigenvalue weighted by molar-refractivity contribution is 6.89. The minimum absolute atomic E-state index is 0.719. The van der Waals surface area contributed by atoms with Gasteiger partial charge in [0.15, 0.2) is 0 Å². The van der Waals surface area contributed by atoms with E-state index in [-0.39, 0.29) is 0 Å². The van der Waals surface area contributed by atoms with Gasteiger partial charge in [0, 0.05) is 32.8 Å². The van der Waals surface area contributed by atoms with Crippen LogP contribution in [-0.2, 0) is 0 Å². The Morgan fingerprint density at radius 3 is 2.32 bits per heavy atom. The van der Waals surface area contributed by atoms with Crippen molar-refractivity contribution in [3.8, 4) is 0 Å². The van der Waals surface area contributed by atoms with Crippen molar-refractivity contribution < 1.29 is 0 Å². The molecular formula is C19H33NSi2. The predicted molar refractivity (Wildman–Crippen MR) is 107 cm³/mol. The van der Waals surface area contributed by atoms with Crippen LogP contribution >= 0.6 is 0 Å². The molecule has 1 unspecified atom stereocenters. The van der Waals surface area contributed by atoms with E-state index < -0.39 is 16.1 Å². The van der Waals surface area contributed by atoms with Crippen LogP contribution in [0, 0.1) is 6.92 Å². The van der Waals surface area contributed by atoms with Crippen molar-refractivity contribution in [2.45, 2.75) is 58.2 Å². The summed E-state index contributed by atoms with van der Waals surface area (Å²) in [7, 11) is -2.41. The molecule has 0 spiro atoms. The molecule has 1 aromatic rings. The zero-order valence-electron chi connectivity index (χ0n) is 15.6. The molecule has 1 aliphatic heterocycles. The second-order valence-electron chi connectivity index (χ2n) is 9.16. The van der Waals surface area contributed by atoms with E-state index in [0.29, 0.717) is 0 Å². The maximum absolute atomic E-state index is 3.98. The lowest BCUT2D eigenvalue weighted by atomic mass is 10.0. The number of aryl methyl sites for hydroxylation is 1. The Labute approximate surface area is 139 Å². The normalized spacial score (nSPS) is 18.5. The first kappa shape index (κ1) is 17.5. The lowest BCUT2D eigenvalue weighted by molar-refractivity contribution is 0.765. The van der Waals surface area contributed by atoms with Gasteiger partial charge in [0.05, 0.1) is 8.07 Å². The molecular weight excluding hydrogens is 298 g/mol. The molecule has 22 heavy (non-hydrogen) atoms. The van der Waals surface area contributed by atoms with Gasteiger partial charge in [-0.05, 0) is 23.7 Å². The van der Waals surface area contributed by atoms with Crippen molar-refractivity contribution >= 4 is 27.0 Å². The highest BCUT2D eigenvalue weighted by Crippen LogP contribution is 2.41. The monoisotopic (exact) mass is 331 g/mol. The van der Waals surface area contributed by atoms with E-state index in [2.05, 4.69) is 75.9 Å². The lowest BCUT2D eigenvalue weighted by Crippen LogP contribution is -2.41. The van der Waals surface area contributed by atoms with Gasteiger partial charge in [-0.25, -0.2) is 0 Å². The van der Waals surface area contributed by atoms with E-state index in [0.717, 1.165) is 12.5 Å². The number of hydrogen-bond acceptors (Lipinski definition) is 1. The first-order valence-electron chi connectivity index (χ1n) is 8.54. The number of fused-ring (bicyclic) bond motifs is 1. The quantitative estimate of drug-likeness (QED) is 0.544. The molecule has 2 rings (SSSR count). The summed E-state index contributed by atoms with van der Waals surface area (Å²) in [6.07, 6.45) is 2.06. The highest BCUT2D eigenvalue weighted by Gasteiger charge is 2.36.